The molecule has 2 rings (SSSR count). The maximum Gasteiger partial charge on any atom is 0.410 e. The largest absolute Gasteiger partial charge is 0.462 e. The van der Waals surface area contributed by atoms with Crippen molar-refractivity contribution in [3.63, 3.8) is 0 Å². The minimum absolute atomic E-state index is 0.0713. The van der Waals surface area contributed by atoms with E-state index < -0.39 is 17.4 Å². The highest BCUT2D eigenvalue weighted by molar-refractivity contribution is 5.90. The number of carbonyl (C=O) groups is 2. The van der Waals surface area contributed by atoms with E-state index in [4.69, 9.17) is 9.47 Å². The molecule has 1 aliphatic rings. The van der Waals surface area contributed by atoms with E-state index in [1.165, 1.54) is 12.1 Å². The zero-order chi connectivity index (χ0) is 18.6. The first kappa shape index (κ1) is 19.0. The van der Waals surface area contributed by atoms with Crippen molar-refractivity contribution in [1.29, 1.82) is 0 Å². The van der Waals surface area contributed by atoms with E-state index >= 15 is 0 Å². The Kier molecular flexibility index (Phi) is 5.87. The number of halogens is 1. The third kappa shape index (κ3) is 5.08. The number of carbonyl (C=O) groups excluding carboxylic acids is 2. The molecule has 6 nitrogen and oxygen atoms in total. The molecule has 1 heterocycles. The van der Waals surface area contributed by atoms with Gasteiger partial charge in [0.05, 0.1) is 12.2 Å². The van der Waals surface area contributed by atoms with E-state index in [-0.39, 0.29) is 18.3 Å². The average molecular weight is 352 g/mol. The molecule has 25 heavy (non-hydrogen) atoms. The van der Waals surface area contributed by atoms with Crippen molar-refractivity contribution >= 4 is 17.7 Å². The quantitative estimate of drug-likeness (QED) is 0.783. The number of rotatable bonds is 3. The monoisotopic (exact) mass is 352 g/mol. The van der Waals surface area contributed by atoms with Gasteiger partial charge in [0.2, 0.25) is 0 Å². The van der Waals surface area contributed by atoms with Gasteiger partial charge >= 0.3 is 12.1 Å². The molecule has 0 N–H and O–H groups in total. The summed E-state index contributed by atoms with van der Waals surface area (Å²) in [4.78, 5) is 27.3. The molecule has 0 atom stereocenters. The van der Waals surface area contributed by atoms with Crippen molar-refractivity contribution in [1.82, 2.24) is 4.90 Å². The summed E-state index contributed by atoms with van der Waals surface area (Å²) < 4.78 is 24.3. The minimum Gasteiger partial charge on any atom is -0.462 e. The third-order valence-corrected chi connectivity index (χ3v) is 3.74. The first-order valence-corrected chi connectivity index (χ1v) is 8.41. The number of nitrogens with zero attached hydrogens (tertiary/aromatic N) is 2. The molecular formula is C18H25FN2O4. The van der Waals surface area contributed by atoms with Crippen molar-refractivity contribution in [3.05, 3.63) is 29.6 Å². The second-order valence-corrected chi connectivity index (χ2v) is 6.84. The van der Waals surface area contributed by atoms with Crippen LogP contribution in [-0.2, 0) is 9.47 Å². The van der Waals surface area contributed by atoms with Crippen LogP contribution in [0.25, 0.3) is 0 Å². The van der Waals surface area contributed by atoms with Crippen LogP contribution in [-0.4, -0.2) is 55.3 Å². The smallest absolute Gasteiger partial charge is 0.410 e. The van der Waals surface area contributed by atoms with Crippen LogP contribution < -0.4 is 4.90 Å². The fraction of sp³-hybridized carbons (Fsp3) is 0.556. The number of piperazine rings is 1. The molecule has 0 bridgehead atoms. The van der Waals surface area contributed by atoms with Crippen molar-refractivity contribution in [2.75, 3.05) is 37.7 Å². The highest BCUT2D eigenvalue weighted by Crippen LogP contribution is 2.21. The Hall–Kier alpha value is -2.31. The molecule has 1 saturated heterocycles. The lowest BCUT2D eigenvalue weighted by Gasteiger charge is -2.36. The van der Waals surface area contributed by atoms with Crippen LogP contribution in [0.3, 0.4) is 0 Å². The molecule has 1 aromatic carbocycles. The zero-order valence-electron chi connectivity index (χ0n) is 15.2. The molecule has 1 aromatic rings. The summed E-state index contributed by atoms with van der Waals surface area (Å²) in [5, 5.41) is 0. The Morgan fingerprint density at radius 3 is 2.32 bits per heavy atom. The van der Waals surface area contributed by atoms with Crippen molar-refractivity contribution in [2.24, 2.45) is 0 Å². The Bertz CT molecular complexity index is 634. The van der Waals surface area contributed by atoms with Gasteiger partial charge in [-0.3, -0.25) is 0 Å². The molecule has 1 amide bonds. The van der Waals surface area contributed by atoms with E-state index in [0.717, 1.165) is 0 Å². The molecule has 1 fully saturated rings. The highest BCUT2D eigenvalue weighted by atomic mass is 19.1. The molecule has 0 spiro atoms. The number of hydrogen-bond donors (Lipinski definition) is 0. The summed E-state index contributed by atoms with van der Waals surface area (Å²) in [5.74, 6) is -1.27. The second-order valence-electron chi connectivity index (χ2n) is 6.84. The molecule has 0 aromatic heterocycles. The molecule has 138 valence electrons. The SMILES string of the molecule is CCOC(=O)c1ccc(N2CCN(C(=O)OC(C)(C)C)CC2)cc1F. The molecule has 1 aliphatic heterocycles. The summed E-state index contributed by atoms with van der Waals surface area (Å²) in [6, 6.07) is 4.46. The van der Waals surface area contributed by atoms with E-state index in [0.29, 0.717) is 31.9 Å². The van der Waals surface area contributed by atoms with Crippen LogP contribution in [0.2, 0.25) is 0 Å². The van der Waals surface area contributed by atoms with E-state index in [9.17, 15) is 14.0 Å². The standard InChI is InChI=1S/C18H25FN2O4/c1-5-24-16(22)14-7-6-13(12-15(14)19)20-8-10-21(11-9-20)17(23)25-18(2,3)4/h6-7,12H,5,8-11H2,1-4H3. The summed E-state index contributed by atoms with van der Waals surface area (Å²) >= 11 is 0. The normalized spacial score (nSPS) is 15.1. The summed E-state index contributed by atoms with van der Waals surface area (Å²) in [5.41, 5.74) is 0.0765. The first-order chi connectivity index (χ1) is 11.7. The van der Waals surface area contributed by atoms with Gasteiger partial charge in [0, 0.05) is 31.9 Å². The van der Waals surface area contributed by atoms with Gasteiger partial charge in [0.15, 0.2) is 0 Å². The van der Waals surface area contributed by atoms with Gasteiger partial charge in [-0.25, -0.2) is 14.0 Å². The fourth-order valence-electron chi connectivity index (χ4n) is 2.55. The van der Waals surface area contributed by atoms with E-state index in [2.05, 4.69) is 0 Å². The maximum absolute atomic E-state index is 14.2. The number of hydrogen-bond acceptors (Lipinski definition) is 5. The van der Waals surface area contributed by atoms with Gasteiger partial charge in [0.1, 0.15) is 11.4 Å². The summed E-state index contributed by atoms with van der Waals surface area (Å²) in [7, 11) is 0. The Morgan fingerprint density at radius 2 is 1.80 bits per heavy atom. The topological polar surface area (TPSA) is 59.1 Å². The molecule has 0 saturated carbocycles. The number of esters is 1. The number of anilines is 1. The average Bonchev–Trinajstić information content (AvgIpc) is 2.53. The molecule has 0 unspecified atom stereocenters. The Balaban J connectivity index is 1.98. The number of benzene rings is 1. The van der Waals surface area contributed by atoms with Gasteiger partial charge in [-0.2, -0.15) is 0 Å². The van der Waals surface area contributed by atoms with Crippen LogP contribution in [0.1, 0.15) is 38.1 Å². The molecule has 7 heteroatoms. The van der Waals surface area contributed by atoms with Crippen molar-refractivity contribution < 1.29 is 23.5 Å². The van der Waals surface area contributed by atoms with Crippen molar-refractivity contribution in [3.8, 4) is 0 Å². The van der Waals surface area contributed by atoms with E-state index in [1.807, 2.05) is 25.7 Å². The summed E-state index contributed by atoms with van der Waals surface area (Å²) in [6.07, 6.45) is -0.337. The predicted octanol–water partition coefficient (Wildman–Crippen LogP) is 3.06. The predicted molar refractivity (Wildman–Crippen MR) is 92.4 cm³/mol. The Labute approximate surface area is 147 Å². The molecular weight excluding hydrogens is 327 g/mol. The Morgan fingerprint density at radius 1 is 1.16 bits per heavy atom. The van der Waals surface area contributed by atoms with Gasteiger partial charge in [-0.15, -0.1) is 0 Å². The number of ether oxygens (including phenoxy) is 2. The third-order valence-electron chi connectivity index (χ3n) is 3.74. The van der Waals surface area contributed by atoms with Crippen LogP contribution in [0, 0.1) is 5.82 Å². The maximum atomic E-state index is 14.2. The fourth-order valence-corrected chi connectivity index (χ4v) is 2.55. The molecule has 0 aliphatic carbocycles. The van der Waals surface area contributed by atoms with Gasteiger partial charge < -0.3 is 19.3 Å². The van der Waals surface area contributed by atoms with Crippen LogP contribution in [0.4, 0.5) is 14.9 Å². The van der Waals surface area contributed by atoms with Crippen molar-refractivity contribution in [2.45, 2.75) is 33.3 Å². The highest BCUT2D eigenvalue weighted by Gasteiger charge is 2.26. The summed E-state index contributed by atoms with van der Waals surface area (Å²) in [6.45, 7) is 9.49. The van der Waals surface area contributed by atoms with Gasteiger partial charge in [-0.1, -0.05) is 0 Å². The van der Waals surface area contributed by atoms with Crippen LogP contribution in [0.15, 0.2) is 18.2 Å². The lowest BCUT2D eigenvalue weighted by atomic mass is 10.1. The lowest BCUT2D eigenvalue weighted by Crippen LogP contribution is -2.50. The second kappa shape index (κ2) is 7.72. The van der Waals surface area contributed by atoms with Crippen LogP contribution in [0.5, 0.6) is 0 Å². The minimum atomic E-state index is -0.665. The van der Waals surface area contributed by atoms with Gasteiger partial charge in [0.25, 0.3) is 0 Å². The zero-order valence-corrected chi connectivity index (χ0v) is 15.2. The lowest BCUT2D eigenvalue weighted by molar-refractivity contribution is 0.0240. The molecule has 0 radical (unpaired) electrons. The van der Waals surface area contributed by atoms with Crippen LogP contribution >= 0.6 is 0 Å². The first-order valence-electron chi connectivity index (χ1n) is 8.41. The number of amides is 1. The van der Waals surface area contributed by atoms with Gasteiger partial charge in [-0.05, 0) is 45.9 Å². The van der Waals surface area contributed by atoms with E-state index in [1.54, 1.807) is 17.9 Å².